The Bertz CT molecular complexity index is 760. The first-order valence-corrected chi connectivity index (χ1v) is 9.58. The van der Waals surface area contributed by atoms with Gasteiger partial charge in [0.1, 0.15) is 0 Å². The van der Waals surface area contributed by atoms with Crippen molar-refractivity contribution in [2.24, 2.45) is 0 Å². The molecule has 0 saturated heterocycles. The average Bonchev–Trinajstić information content (AvgIpc) is 3.01. The van der Waals surface area contributed by atoms with E-state index in [9.17, 15) is 4.79 Å². The summed E-state index contributed by atoms with van der Waals surface area (Å²) >= 11 is 8.01. The van der Waals surface area contributed by atoms with Crippen molar-refractivity contribution in [3.05, 3.63) is 51.4 Å². The molecule has 0 fully saturated rings. The zero-order valence-electron chi connectivity index (χ0n) is 14.8. The molecule has 0 N–H and O–H groups in total. The molecule has 2 heterocycles. The van der Waals surface area contributed by atoms with Gasteiger partial charge in [-0.2, -0.15) is 0 Å². The van der Waals surface area contributed by atoms with Crippen LogP contribution in [-0.4, -0.2) is 43.0 Å². The van der Waals surface area contributed by atoms with E-state index in [1.54, 1.807) is 30.3 Å². The first-order chi connectivity index (χ1) is 12.0. The van der Waals surface area contributed by atoms with Gasteiger partial charge in [-0.1, -0.05) is 29.8 Å². The minimum atomic E-state index is -0.0275. The monoisotopic (exact) mass is 378 g/mol. The number of carbonyl (C=O) groups excluding carboxylic acids is 1. The molecule has 25 heavy (non-hydrogen) atoms. The van der Waals surface area contributed by atoms with E-state index < -0.39 is 0 Å². The number of rotatable bonds is 5. The lowest BCUT2D eigenvalue weighted by atomic mass is 10.0. The van der Waals surface area contributed by atoms with Gasteiger partial charge in [0.15, 0.2) is 11.7 Å². The number of nitrogens with zero attached hydrogens (tertiary/aromatic N) is 2. The molecule has 1 aliphatic rings. The highest BCUT2D eigenvalue weighted by Gasteiger charge is 2.25. The highest BCUT2D eigenvalue weighted by atomic mass is 35.5. The largest absolute Gasteiger partial charge is 0.474 e. The number of carbonyl (C=O) groups is 1. The number of ether oxygens (including phenoxy) is 1. The molecule has 4 nitrogen and oxygen atoms in total. The Morgan fingerprint density at radius 3 is 2.88 bits per heavy atom. The van der Waals surface area contributed by atoms with Crippen LogP contribution in [0.2, 0.25) is 5.02 Å². The minimum absolute atomic E-state index is 0.0275. The molecule has 1 amide bonds. The van der Waals surface area contributed by atoms with E-state index in [1.165, 1.54) is 10.4 Å². The van der Waals surface area contributed by atoms with Crippen molar-refractivity contribution in [1.29, 1.82) is 0 Å². The molecule has 3 rings (SSSR count). The summed E-state index contributed by atoms with van der Waals surface area (Å²) in [5.41, 5.74) is 2.46. The molecule has 0 saturated carbocycles. The van der Waals surface area contributed by atoms with E-state index >= 15 is 0 Å². The number of halogens is 1. The molecule has 134 valence electrons. The van der Waals surface area contributed by atoms with Gasteiger partial charge in [-0.15, -0.1) is 11.3 Å². The molecule has 0 bridgehead atoms. The maximum absolute atomic E-state index is 11.7. The van der Waals surface area contributed by atoms with Crippen molar-refractivity contribution in [3.63, 3.8) is 0 Å². The van der Waals surface area contributed by atoms with Crippen molar-refractivity contribution in [3.8, 4) is 5.06 Å². The molecule has 1 atom stereocenters. The lowest BCUT2D eigenvalue weighted by Crippen LogP contribution is -2.32. The standard InChI is InChI=1S/C19H23ClN2O2S/c1-13(15-6-4-5-7-16(15)20)22-9-8-17-14(11-22)10-19(25-17)24-12-18(23)21(2)3/h4-7,10,13H,8-9,11-12H2,1-3H3. The van der Waals surface area contributed by atoms with Gasteiger partial charge in [0.05, 0.1) is 0 Å². The van der Waals surface area contributed by atoms with Gasteiger partial charge >= 0.3 is 0 Å². The van der Waals surface area contributed by atoms with Gasteiger partial charge in [-0.05, 0) is 36.6 Å². The van der Waals surface area contributed by atoms with E-state index in [0.717, 1.165) is 35.2 Å². The van der Waals surface area contributed by atoms with Crippen LogP contribution in [0.1, 0.15) is 29.0 Å². The molecular weight excluding hydrogens is 356 g/mol. The average molecular weight is 379 g/mol. The van der Waals surface area contributed by atoms with E-state index in [4.69, 9.17) is 16.3 Å². The second kappa shape index (κ2) is 7.77. The van der Waals surface area contributed by atoms with Crippen molar-refractivity contribution in [2.75, 3.05) is 27.2 Å². The van der Waals surface area contributed by atoms with Gasteiger partial charge in [0, 0.05) is 43.1 Å². The van der Waals surface area contributed by atoms with Gasteiger partial charge < -0.3 is 9.64 Å². The van der Waals surface area contributed by atoms with Crippen LogP contribution in [0.5, 0.6) is 5.06 Å². The second-order valence-electron chi connectivity index (χ2n) is 6.51. The summed E-state index contributed by atoms with van der Waals surface area (Å²) in [6, 6.07) is 10.4. The molecule has 1 unspecified atom stereocenters. The summed E-state index contributed by atoms with van der Waals surface area (Å²) in [7, 11) is 3.47. The first-order valence-electron chi connectivity index (χ1n) is 8.38. The van der Waals surface area contributed by atoms with E-state index in [-0.39, 0.29) is 18.6 Å². The van der Waals surface area contributed by atoms with Crippen LogP contribution in [0, 0.1) is 0 Å². The number of thiophene rings is 1. The fraction of sp³-hybridized carbons (Fsp3) is 0.421. The summed E-state index contributed by atoms with van der Waals surface area (Å²) < 4.78 is 5.67. The molecule has 2 aromatic rings. The molecule has 1 aromatic heterocycles. The Morgan fingerprint density at radius 2 is 2.16 bits per heavy atom. The van der Waals surface area contributed by atoms with Crippen LogP contribution in [0.25, 0.3) is 0 Å². The van der Waals surface area contributed by atoms with Gasteiger partial charge in [0.2, 0.25) is 0 Å². The molecular formula is C19H23ClN2O2S. The molecule has 6 heteroatoms. The van der Waals surface area contributed by atoms with Gasteiger partial charge in [-0.3, -0.25) is 9.69 Å². The molecule has 0 radical (unpaired) electrons. The van der Waals surface area contributed by atoms with Gasteiger partial charge in [0.25, 0.3) is 5.91 Å². The molecule has 0 aliphatic carbocycles. The maximum atomic E-state index is 11.7. The smallest absolute Gasteiger partial charge is 0.260 e. The van der Waals surface area contributed by atoms with Gasteiger partial charge in [-0.25, -0.2) is 0 Å². The number of fused-ring (bicyclic) bond motifs is 1. The maximum Gasteiger partial charge on any atom is 0.260 e. The predicted molar refractivity (Wildman–Crippen MR) is 102 cm³/mol. The molecule has 0 spiro atoms. The highest BCUT2D eigenvalue weighted by Crippen LogP contribution is 2.37. The topological polar surface area (TPSA) is 32.8 Å². The summed E-state index contributed by atoms with van der Waals surface area (Å²) in [5.74, 6) is -0.0275. The van der Waals surface area contributed by atoms with Crippen molar-refractivity contribution >= 4 is 28.8 Å². The van der Waals surface area contributed by atoms with Crippen LogP contribution in [-0.2, 0) is 17.8 Å². The van der Waals surface area contributed by atoms with E-state index in [1.807, 2.05) is 18.2 Å². The number of hydrogen-bond acceptors (Lipinski definition) is 4. The Morgan fingerprint density at radius 1 is 1.40 bits per heavy atom. The summed E-state index contributed by atoms with van der Waals surface area (Å²) in [5, 5.41) is 1.64. The lowest BCUT2D eigenvalue weighted by Gasteiger charge is -2.33. The molecule has 1 aliphatic heterocycles. The molecule has 1 aromatic carbocycles. The number of amides is 1. The van der Waals surface area contributed by atoms with Crippen molar-refractivity contribution in [2.45, 2.75) is 25.9 Å². The Labute approximate surface area is 158 Å². The summed E-state index contributed by atoms with van der Waals surface area (Å²) in [6.45, 7) is 4.16. The zero-order valence-corrected chi connectivity index (χ0v) is 16.4. The fourth-order valence-electron chi connectivity index (χ4n) is 3.00. The minimum Gasteiger partial charge on any atom is -0.474 e. The van der Waals surface area contributed by atoms with E-state index in [2.05, 4.69) is 24.0 Å². The Hall–Kier alpha value is -1.56. The van der Waals surface area contributed by atoms with Crippen molar-refractivity contribution < 1.29 is 9.53 Å². The number of likely N-dealkylation sites (N-methyl/N-ethyl adjacent to an activating group) is 1. The number of benzene rings is 1. The third-order valence-corrected chi connectivity index (χ3v) is 6.11. The summed E-state index contributed by atoms with van der Waals surface area (Å²) in [4.78, 5) is 17.0. The van der Waals surface area contributed by atoms with Crippen LogP contribution in [0.15, 0.2) is 30.3 Å². The predicted octanol–water partition coefficient (Wildman–Crippen LogP) is 3.99. The van der Waals surface area contributed by atoms with Crippen LogP contribution < -0.4 is 4.74 Å². The third kappa shape index (κ3) is 4.17. The SMILES string of the molecule is CC(c1ccccc1Cl)N1CCc2sc(OCC(=O)N(C)C)cc2C1. The van der Waals surface area contributed by atoms with Crippen molar-refractivity contribution in [1.82, 2.24) is 9.80 Å². The van der Waals surface area contributed by atoms with Crippen LogP contribution in [0.4, 0.5) is 0 Å². The quantitative estimate of drug-likeness (QED) is 0.788. The summed E-state index contributed by atoms with van der Waals surface area (Å²) in [6.07, 6.45) is 1.000. The zero-order chi connectivity index (χ0) is 18.0. The first kappa shape index (κ1) is 18.2. The van der Waals surface area contributed by atoms with Crippen LogP contribution in [0.3, 0.4) is 0 Å². The normalized spacial score (nSPS) is 15.5. The second-order valence-corrected chi connectivity index (χ2v) is 8.02. The Kier molecular flexibility index (Phi) is 5.67. The fourth-order valence-corrected chi connectivity index (χ4v) is 4.31. The van der Waals surface area contributed by atoms with E-state index in [0.29, 0.717) is 0 Å². The van der Waals surface area contributed by atoms with Crippen LogP contribution >= 0.6 is 22.9 Å². The highest BCUT2D eigenvalue weighted by molar-refractivity contribution is 7.14. The number of hydrogen-bond donors (Lipinski definition) is 0. The lowest BCUT2D eigenvalue weighted by molar-refractivity contribution is -0.130. The Balaban J connectivity index is 1.67. The third-order valence-electron chi connectivity index (χ3n) is 4.61.